The highest BCUT2D eigenvalue weighted by Gasteiger charge is 2.41. The molecule has 1 aromatic rings. The first kappa shape index (κ1) is 14.5. The molecule has 0 unspecified atom stereocenters. The van der Waals surface area contributed by atoms with E-state index in [1.807, 2.05) is 0 Å². The molecule has 1 aromatic heterocycles. The van der Waals surface area contributed by atoms with Gasteiger partial charge in [-0.1, -0.05) is 27.5 Å². The number of aliphatic hydroxyl groups excluding tert-OH is 1. The first-order valence-electron chi connectivity index (χ1n) is 5.61. The first-order valence-corrected chi connectivity index (χ1v) is 6.90. The summed E-state index contributed by atoms with van der Waals surface area (Å²) >= 11 is 9.33. The van der Waals surface area contributed by atoms with E-state index in [0.717, 1.165) is 4.57 Å². The summed E-state index contributed by atoms with van der Waals surface area (Å²) in [4.78, 5) is 27.1. The molecular formula is C11H12BrClN2O4. The molecule has 0 aromatic carbocycles. The van der Waals surface area contributed by atoms with Crippen molar-refractivity contribution in [2.24, 2.45) is 0 Å². The summed E-state index contributed by atoms with van der Waals surface area (Å²) in [5.41, 5.74) is -0.883. The van der Waals surface area contributed by atoms with Gasteiger partial charge in [-0.25, -0.2) is 4.79 Å². The van der Waals surface area contributed by atoms with Gasteiger partial charge in [-0.05, 0) is 17.5 Å². The highest BCUT2D eigenvalue weighted by atomic mass is 79.9. The zero-order valence-electron chi connectivity index (χ0n) is 9.81. The number of nitrogens with one attached hydrogen (secondary N) is 1. The van der Waals surface area contributed by atoms with Crippen molar-refractivity contribution in [1.82, 2.24) is 9.55 Å². The zero-order valence-corrected chi connectivity index (χ0v) is 12.1. The van der Waals surface area contributed by atoms with E-state index in [1.54, 1.807) is 0 Å². The Balaban J connectivity index is 2.48. The maximum atomic E-state index is 11.8. The van der Waals surface area contributed by atoms with E-state index >= 15 is 0 Å². The van der Waals surface area contributed by atoms with Crippen LogP contribution in [0.2, 0.25) is 0 Å². The number of hydrogen-bond acceptors (Lipinski definition) is 4. The Morgan fingerprint density at radius 1 is 1.68 bits per heavy atom. The molecule has 104 valence electrons. The highest BCUT2D eigenvalue weighted by Crippen LogP contribution is 2.37. The van der Waals surface area contributed by atoms with Crippen LogP contribution in [0.5, 0.6) is 0 Å². The molecule has 1 aliphatic rings. The summed E-state index contributed by atoms with van der Waals surface area (Å²) in [5, 5.41) is 7.68. The second-order valence-corrected chi connectivity index (χ2v) is 5.28. The van der Waals surface area contributed by atoms with Gasteiger partial charge >= 0.3 is 5.69 Å². The Morgan fingerprint density at radius 2 is 2.42 bits per heavy atom. The van der Waals surface area contributed by atoms with Crippen molar-refractivity contribution in [3.05, 3.63) is 37.6 Å². The van der Waals surface area contributed by atoms with Gasteiger partial charge in [-0.3, -0.25) is 14.3 Å². The van der Waals surface area contributed by atoms with E-state index in [1.165, 1.54) is 17.3 Å². The first-order chi connectivity index (χ1) is 9.00. The molecule has 8 heteroatoms. The lowest BCUT2D eigenvalue weighted by atomic mass is 10.2. The third kappa shape index (κ3) is 2.84. The van der Waals surface area contributed by atoms with Crippen molar-refractivity contribution in [3.63, 3.8) is 0 Å². The van der Waals surface area contributed by atoms with Crippen LogP contribution in [-0.4, -0.2) is 27.4 Å². The van der Waals surface area contributed by atoms with Crippen molar-refractivity contribution >= 4 is 33.6 Å². The molecule has 2 atom stereocenters. The third-order valence-corrected chi connectivity index (χ3v) is 3.62. The van der Waals surface area contributed by atoms with Crippen molar-refractivity contribution < 1.29 is 9.84 Å². The van der Waals surface area contributed by atoms with Crippen molar-refractivity contribution in [2.45, 2.75) is 24.1 Å². The zero-order chi connectivity index (χ0) is 14.0. The maximum absolute atomic E-state index is 11.8. The Hall–Kier alpha value is -0.890. The average Bonchev–Trinajstić information content (AvgIpc) is 2.75. The molecule has 0 amide bonds. The predicted molar refractivity (Wildman–Crippen MR) is 74.3 cm³/mol. The van der Waals surface area contributed by atoms with E-state index in [-0.39, 0.29) is 12.2 Å². The largest absolute Gasteiger partial charge is 0.394 e. The number of ether oxygens (including phenoxy) is 1. The van der Waals surface area contributed by atoms with Crippen molar-refractivity contribution in [1.29, 1.82) is 0 Å². The molecule has 0 aliphatic carbocycles. The standard InChI is InChI=1S/C11H12BrClN2O4/c12-4-2-7-5-15(10(18)14-9(7)17)11(13)3-1-8(6-16)19-11/h2,4-5,8,16H,1,3,6H2,(H,14,17,18)/t8-,11-/m0/s1. The molecule has 0 spiro atoms. The lowest BCUT2D eigenvalue weighted by molar-refractivity contribution is -0.0550. The summed E-state index contributed by atoms with van der Waals surface area (Å²) in [6, 6.07) is 0. The number of H-pyrrole nitrogens is 1. The number of aromatic amines is 1. The number of aliphatic hydroxyl groups is 1. The smallest absolute Gasteiger partial charge is 0.331 e. The summed E-state index contributed by atoms with van der Waals surface area (Å²) in [6.07, 6.45) is 3.32. The van der Waals surface area contributed by atoms with Gasteiger partial charge in [0.25, 0.3) is 5.56 Å². The van der Waals surface area contributed by atoms with Gasteiger partial charge < -0.3 is 9.84 Å². The van der Waals surface area contributed by atoms with Gasteiger partial charge in [0.05, 0.1) is 18.3 Å². The number of rotatable bonds is 3. The minimum absolute atomic E-state index is 0.166. The van der Waals surface area contributed by atoms with E-state index in [4.69, 9.17) is 21.4 Å². The fraction of sp³-hybridized carbons (Fsp3) is 0.455. The topological polar surface area (TPSA) is 84.3 Å². The molecule has 19 heavy (non-hydrogen) atoms. The van der Waals surface area contributed by atoms with Gasteiger partial charge in [0.15, 0.2) is 0 Å². The number of nitrogens with zero attached hydrogens (tertiary/aromatic N) is 1. The lowest BCUT2D eigenvalue weighted by Crippen LogP contribution is -2.41. The van der Waals surface area contributed by atoms with Gasteiger partial charge in [0.1, 0.15) is 0 Å². The Labute approximate surface area is 121 Å². The van der Waals surface area contributed by atoms with Crippen LogP contribution in [0.15, 0.2) is 20.8 Å². The summed E-state index contributed by atoms with van der Waals surface area (Å²) in [6.45, 7) is -0.166. The Bertz CT molecular complexity index is 611. The molecule has 1 fully saturated rings. The molecule has 0 saturated carbocycles. The minimum Gasteiger partial charge on any atom is -0.394 e. The SMILES string of the molecule is O=c1[nH]c(=O)n([C@@]2(Cl)CC[C@@H](CO)O2)cc1C=CBr. The van der Waals surface area contributed by atoms with Crippen LogP contribution in [0.25, 0.3) is 6.08 Å². The summed E-state index contributed by atoms with van der Waals surface area (Å²) in [7, 11) is 0. The van der Waals surface area contributed by atoms with Gasteiger partial charge in [-0.2, -0.15) is 0 Å². The second-order valence-electron chi connectivity index (χ2n) is 4.16. The van der Waals surface area contributed by atoms with E-state index in [0.29, 0.717) is 12.8 Å². The molecule has 6 nitrogen and oxygen atoms in total. The maximum Gasteiger partial charge on any atom is 0.331 e. The van der Waals surface area contributed by atoms with Gasteiger partial charge in [-0.15, -0.1) is 0 Å². The molecule has 0 radical (unpaired) electrons. The van der Waals surface area contributed by atoms with Gasteiger partial charge in [0.2, 0.25) is 5.18 Å². The van der Waals surface area contributed by atoms with Crippen LogP contribution in [0.1, 0.15) is 18.4 Å². The predicted octanol–water partition coefficient (Wildman–Crippen LogP) is 0.923. The quantitative estimate of drug-likeness (QED) is 0.793. The number of aromatic nitrogens is 2. The van der Waals surface area contributed by atoms with Crippen LogP contribution in [-0.2, 0) is 9.92 Å². The van der Waals surface area contributed by atoms with Crippen molar-refractivity contribution in [3.8, 4) is 0 Å². The van der Waals surface area contributed by atoms with Crippen molar-refractivity contribution in [2.75, 3.05) is 6.61 Å². The van der Waals surface area contributed by atoms with E-state index in [9.17, 15) is 9.59 Å². The van der Waals surface area contributed by atoms with Gasteiger partial charge in [0, 0.05) is 12.6 Å². The van der Waals surface area contributed by atoms with E-state index in [2.05, 4.69) is 20.9 Å². The van der Waals surface area contributed by atoms with E-state index < -0.39 is 22.5 Å². The summed E-state index contributed by atoms with van der Waals surface area (Å²) < 4.78 is 6.59. The summed E-state index contributed by atoms with van der Waals surface area (Å²) in [5.74, 6) is 0. The number of alkyl halides is 1. The highest BCUT2D eigenvalue weighted by molar-refractivity contribution is 9.11. The van der Waals surface area contributed by atoms with Crippen LogP contribution in [0.4, 0.5) is 0 Å². The fourth-order valence-electron chi connectivity index (χ4n) is 1.94. The normalized spacial score (nSPS) is 27.2. The van der Waals surface area contributed by atoms with Crippen LogP contribution in [0, 0.1) is 0 Å². The number of halogens is 2. The molecule has 2 heterocycles. The lowest BCUT2D eigenvalue weighted by Gasteiger charge is -2.24. The fourth-order valence-corrected chi connectivity index (χ4v) is 2.58. The average molecular weight is 352 g/mol. The second kappa shape index (κ2) is 5.62. The molecule has 2 N–H and O–H groups in total. The molecular weight excluding hydrogens is 339 g/mol. The molecule has 0 bridgehead atoms. The Morgan fingerprint density at radius 3 is 3.00 bits per heavy atom. The molecule has 1 saturated heterocycles. The molecule has 2 rings (SSSR count). The number of hydrogen-bond donors (Lipinski definition) is 2. The minimum atomic E-state index is -1.37. The molecule has 1 aliphatic heterocycles. The third-order valence-electron chi connectivity index (χ3n) is 2.90. The van der Waals surface area contributed by atoms with Crippen LogP contribution >= 0.6 is 27.5 Å². The van der Waals surface area contributed by atoms with Crippen LogP contribution < -0.4 is 11.2 Å². The monoisotopic (exact) mass is 350 g/mol. The van der Waals surface area contributed by atoms with Crippen LogP contribution in [0.3, 0.4) is 0 Å². The Kier molecular flexibility index (Phi) is 4.29.